The van der Waals surface area contributed by atoms with Gasteiger partial charge in [-0.1, -0.05) is 18.5 Å². The largest absolute Gasteiger partial charge is 0.322 e. The molecule has 0 aromatic carbocycles. The summed E-state index contributed by atoms with van der Waals surface area (Å²) < 4.78 is 0. The molecule has 2 atom stereocenters. The number of anilines is 1. The molecule has 1 aromatic heterocycles. The van der Waals surface area contributed by atoms with E-state index in [2.05, 4.69) is 36.0 Å². The molecule has 1 aromatic rings. The van der Waals surface area contributed by atoms with E-state index in [1.807, 2.05) is 4.90 Å². The lowest BCUT2D eigenvalue weighted by atomic mass is 10.1. The standard InChI is InChI=1S/C14H21ClN4O/c1-4-18-8-11(3)19(9-10(18)2)14(20)17-12-5-6-13(15)16-7-12/h5-7,10-11H,4,8-9H2,1-3H3,(H,17,20)/t10-,11-/m0/s1. The molecule has 6 heteroatoms. The van der Waals surface area contributed by atoms with Gasteiger partial charge < -0.3 is 10.2 Å². The predicted molar refractivity (Wildman–Crippen MR) is 81.1 cm³/mol. The molecule has 1 saturated heterocycles. The molecule has 0 aliphatic carbocycles. The Morgan fingerprint density at radius 2 is 2.15 bits per heavy atom. The van der Waals surface area contributed by atoms with Gasteiger partial charge in [0, 0.05) is 25.2 Å². The molecule has 2 rings (SSSR count). The van der Waals surface area contributed by atoms with E-state index in [4.69, 9.17) is 11.6 Å². The first-order chi connectivity index (χ1) is 9.51. The van der Waals surface area contributed by atoms with Crippen molar-refractivity contribution >= 4 is 23.3 Å². The van der Waals surface area contributed by atoms with E-state index in [0.29, 0.717) is 16.9 Å². The number of amides is 2. The first-order valence-corrected chi connectivity index (χ1v) is 7.32. The van der Waals surface area contributed by atoms with Crippen LogP contribution < -0.4 is 5.32 Å². The first-order valence-electron chi connectivity index (χ1n) is 6.94. The number of aromatic nitrogens is 1. The fourth-order valence-corrected chi connectivity index (χ4v) is 2.68. The summed E-state index contributed by atoms with van der Waals surface area (Å²) in [5.74, 6) is 0. The van der Waals surface area contributed by atoms with Gasteiger partial charge in [0.25, 0.3) is 0 Å². The number of nitrogens with zero attached hydrogens (tertiary/aromatic N) is 3. The van der Waals surface area contributed by atoms with Crippen molar-refractivity contribution in [3.63, 3.8) is 0 Å². The Bertz CT molecular complexity index is 465. The molecule has 0 bridgehead atoms. The zero-order chi connectivity index (χ0) is 14.7. The highest BCUT2D eigenvalue weighted by molar-refractivity contribution is 6.29. The predicted octanol–water partition coefficient (Wildman–Crippen LogP) is 2.68. The molecular formula is C14H21ClN4O. The van der Waals surface area contributed by atoms with Gasteiger partial charge in [-0.3, -0.25) is 4.90 Å². The molecule has 5 nitrogen and oxygen atoms in total. The quantitative estimate of drug-likeness (QED) is 0.854. The molecular weight excluding hydrogens is 276 g/mol. The molecule has 1 fully saturated rings. The monoisotopic (exact) mass is 296 g/mol. The van der Waals surface area contributed by atoms with Crippen molar-refractivity contribution in [1.82, 2.24) is 14.8 Å². The normalized spacial score (nSPS) is 23.7. The Balaban J connectivity index is 2.00. The number of piperazine rings is 1. The maximum Gasteiger partial charge on any atom is 0.322 e. The number of halogens is 1. The summed E-state index contributed by atoms with van der Waals surface area (Å²) >= 11 is 5.73. The van der Waals surface area contributed by atoms with Gasteiger partial charge in [-0.05, 0) is 32.5 Å². The van der Waals surface area contributed by atoms with Crippen LogP contribution in [0.2, 0.25) is 5.15 Å². The van der Waals surface area contributed by atoms with E-state index >= 15 is 0 Å². The van der Waals surface area contributed by atoms with E-state index in [1.54, 1.807) is 18.3 Å². The SMILES string of the molecule is CCN1C[C@H](C)N(C(=O)Nc2ccc(Cl)nc2)C[C@@H]1C. The summed E-state index contributed by atoms with van der Waals surface area (Å²) in [5, 5.41) is 3.29. The third-order valence-corrected chi connectivity index (χ3v) is 3.98. The van der Waals surface area contributed by atoms with Crippen LogP contribution in [-0.2, 0) is 0 Å². The third-order valence-electron chi connectivity index (χ3n) is 3.76. The highest BCUT2D eigenvalue weighted by Gasteiger charge is 2.31. The Hall–Kier alpha value is -1.33. The number of likely N-dealkylation sites (N-methyl/N-ethyl adjacent to an activating group) is 1. The fraction of sp³-hybridized carbons (Fsp3) is 0.571. The molecule has 20 heavy (non-hydrogen) atoms. The van der Waals surface area contributed by atoms with Crippen molar-refractivity contribution < 1.29 is 4.79 Å². The molecule has 2 amide bonds. The second-order valence-corrected chi connectivity index (χ2v) is 5.62. The van der Waals surface area contributed by atoms with Crippen molar-refractivity contribution in [2.24, 2.45) is 0 Å². The number of hydrogen-bond acceptors (Lipinski definition) is 3. The lowest BCUT2D eigenvalue weighted by Crippen LogP contribution is -2.58. The summed E-state index contributed by atoms with van der Waals surface area (Å²) in [6, 6.07) is 3.92. The third kappa shape index (κ3) is 3.41. The maximum atomic E-state index is 12.3. The summed E-state index contributed by atoms with van der Waals surface area (Å²) in [4.78, 5) is 20.6. The van der Waals surface area contributed by atoms with Gasteiger partial charge in [0.05, 0.1) is 11.9 Å². The molecule has 1 aliphatic heterocycles. The van der Waals surface area contributed by atoms with E-state index in [-0.39, 0.29) is 12.1 Å². The highest BCUT2D eigenvalue weighted by Crippen LogP contribution is 2.17. The molecule has 0 unspecified atom stereocenters. The number of carbonyl (C=O) groups excluding carboxylic acids is 1. The van der Waals surface area contributed by atoms with Crippen LogP contribution in [0, 0.1) is 0 Å². The van der Waals surface area contributed by atoms with Gasteiger partial charge in [0.2, 0.25) is 0 Å². The van der Waals surface area contributed by atoms with Gasteiger partial charge in [0.15, 0.2) is 0 Å². The van der Waals surface area contributed by atoms with Crippen molar-refractivity contribution in [2.75, 3.05) is 25.0 Å². The lowest BCUT2D eigenvalue weighted by molar-refractivity contribution is 0.0720. The van der Waals surface area contributed by atoms with Crippen LogP contribution in [0.4, 0.5) is 10.5 Å². The second kappa shape index (κ2) is 6.41. The number of carbonyl (C=O) groups is 1. The van der Waals surface area contributed by atoms with Crippen molar-refractivity contribution in [3.8, 4) is 0 Å². The van der Waals surface area contributed by atoms with Gasteiger partial charge in [-0.25, -0.2) is 9.78 Å². The van der Waals surface area contributed by atoms with E-state index in [0.717, 1.165) is 19.6 Å². The van der Waals surface area contributed by atoms with Crippen LogP contribution in [0.25, 0.3) is 0 Å². The van der Waals surface area contributed by atoms with Crippen LogP contribution in [0.1, 0.15) is 20.8 Å². The Morgan fingerprint density at radius 3 is 2.75 bits per heavy atom. The minimum Gasteiger partial charge on any atom is -0.319 e. The van der Waals surface area contributed by atoms with Gasteiger partial charge in [-0.2, -0.15) is 0 Å². The average molecular weight is 297 g/mol. The zero-order valence-electron chi connectivity index (χ0n) is 12.1. The zero-order valence-corrected chi connectivity index (χ0v) is 12.9. The van der Waals surface area contributed by atoms with Crippen molar-refractivity contribution in [3.05, 3.63) is 23.5 Å². The summed E-state index contributed by atoms with van der Waals surface area (Å²) in [6.07, 6.45) is 1.57. The van der Waals surface area contributed by atoms with Crippen LogP contribution in [0.5, 0.6) is 0 Å². The van der Waals surface area contributed by atoms with Gasteiger partial charge in [0.1, 0.15) is 5.15 Å². The summed E-state index contributed by atoms with van der Waals surface area (Å²) in [5.41, 5.74) is 0.664. The summed E-state index contributed by atoms with van der Waals surface area (Å²) in [6.45, 7) is 9.04. The smallest absolute Gasteiger partial charge is 0.319 e. The number of urea groups is 1. The number of nitrogens with one attached hydrogen (secondary N) is 1. The van der Waals surface area contributed by atoms with Gasteiger partial charge >= 0.3 is 6.03 Å². The topological polar surface area (TPSA) is 48.5 Å². The number of pyridine rings is 1. The van der Waals surface area contributed by atoms with E-state index in [1.165, 1.54) is 0 Å². The van der Waals surface area contributed by atoms with Crippen LogP contribution >= 0.6 is 11.6 Å². The van der Waals surface area contributed by atoms with E-state index < -0.39 is 0 Å². The molecule has 110 valence electrons. The molecule has 0 radical (unpaired) electrons. The first kappa shape index (κ1) is 15.1. The minimum absolute atomic E-state index is 0.0794. The van der Waals surface area contributed by atoms with Crippen LogP contribution in [0.15, 0.2) is 18.3 Å². The molecule has 0 spiro atoms. The van der Waals surface area contributed by atoms with E-state index in [9.17, 15) is 4.79 Å². The Morgan fingerprint density at radius 1 is 1.40 bits per heavy atom. The average Bonchev–Trinajstić information content (AvgIpc) is 2.43. The Kier molecular flexibility index (Phi) is 4.83. The second-order valence-electron chi connectivity index (χ2n) is 5.24. The maximum absolute atomic E-state index is 12.3. The number of rotatable bonds is 2. The molecule has 0 saturated carbocycles. The lowest BCUT2D eigenvalue weighted by Gasteiger charge is -2.43. The van der Waals surface area contributed by atoms with Gasteiger partial charge in [-0.15, -0.1) is 0 Å². The molecule has 1 aliphatic rings. The summed E-state index contributed by atoms with van der Waals surface area (Å²) in [7, 11) is 0. The molecule has 2 heterocycles. The minimum atomic E-state index is -0.0794. The van der Waals surface area contributed by atoms with Crippen LogP contribution in [-0.4, -0.2) is 52.5 Å². The fourth-order valence-electron chi connectivity index (χ4n) is 2.57. The number of hydrogen-bond donors (Lipinski definition) is 1. The van der Waals surface area contributed by atoms with Crippen LogP contribution in [0.3, 0.4) is 0 Å². The highest BCUT2D eigenvalue weighted by atomic mass is 35.5. The Labute approximate surface area is 124 Å². The molecule has 1 N–H and O–H groups in total. The van der Waals surface area contributed by atoms with Crippen molar-refractivity contribution in [2.45, 2.75) is 32.9 Å². The van der Waals surface area contributed by atoms with Crippen molar-refractivity contribution in [1.29, 1.82) is 0 Å².